The summed E-state index contributed by atoms with van der Waals surface area (Å²) in [6, 6.07) is 10.0. The molecule has 0 aromatic heterocycles. The maximum atomic E-state index is 2.00. The summed E-state index contributed by atoms with van der Waals surface area (Å²) in [6.45, 7) is 0. The zero-order chi connectivity index (χ0) is 3.54. The first kappa shape index (κ1) is 22.6. The molecule has 0 fully saturated rings. The topological polar surface area (TPSA) is 0 Å². The fourth-order valence-corrected chi connectivity index (χ4v) is 0.321. The Morgan fingerprint density at radius 1 is 0.778 bits per heavy atom. The van der Waals surface area contributed by atoms with Crippen LogP contribution >= 0.6 is 0 Å². The molecule has 0 atom stereocenters. The Bertz CT molecular complexity index is 68.7. The third kappa shape index (κ3) is 12.1. The number of hydrogen-bond donors (Lipinski definition) is 0. The van der Waals surface area contributed by atoms with Gasteiger partial charge >= 0.3 is 17.4 Å². The van der Waals surface area contributed by atoms with E-state index in [0.29, 0.717) is 0 Å². The van der Waals surface area contributed by atoms with Crippen LogP contribution in [-0.2, 0) is 17.4 Å². The summed E-state index contributed by atoms with van der Waals surface area (Å²) < 4.78 is 0. The van der Waals surface area contributed by atoms with Gasteiger partial charge in [-0.05, 0) is 0 Å². The maximum Gasteiger partial charge on any atom is 4.00 e. The molecule has 0 radical (unpaired) electrons. The van der Waals surface area contributed by atoms with Crippen molar-refractivity contribution in [2.24, 2.45) is 0 Å². The third-order valence-electron chi connectivity index (χ3n) is 0.556. The van der Waals surface area contributed by atoms with E-state index < -0.39 is 0 Å². The summed E-state index contributed by atoms with van der Waals surface area (Å²) >= 11 is 0. The van der Waals surface area contributed by atoms with Crippen molar-refractivity contribution in [3.63, 3.8) is 0 Å². The Morgan fingerprint density at radius 2 is 1.11 bits per heavy atom. The van der Waals surface area contributed by atoms with E-state index in [0.717, 1.165) is 0 Å². The van der Waals surface area contributed by atoms with Gasteiger partial charge in [-0.15, -0.1) is 0 Å². The summed E-state index contributed by atoms with van der Waals surface area (Å²) in [4.78, 5) is 0. The minimum Gasteiger partial charge on any atom is -1.00 e. The molecule has 0 aliphatic rings. The van der Waals surface area contributed by atoms with E-state index in [-0.39, 0.29) is 54.6 Å². The minimum absolute atomic E-state index is 0. The minimum atomic E-state index is 0. The van der Waals surface area contributed by atoms with Crippen LogP contribution in [0.3, 0.4) is 0 Å². The second-order valence-corrected chi connectivity index (χ2v) is 0.962. The van der Waals surface area contributed by atoms with Crippen molar-refractivity contribution in [2.45, 2.75) is 0 Å². The fraction of sp³-hybridized carbons (Fsp3) is 0. The molecule has 0 heterocycles. The zero-order valence-corrected chi connectivity index (χ0v) is 7.97. The van der Waals surface area contributed by atoms with Crippen LogP contribution in [0.1, 0.15) is 0 Å². The van der Waals surface area contributed by atoms with Crippen molar-refractivity contribution in [1.82, 2.24) is 0 Å². The fourth-order valence-electron chi connectivity index (χ4n) is 0.321. The largest absolute Gasteiger partial charge is 4.00 e. The Balaban J connectivity index is -0.0000000312. The monoisotopic (exact) mass is 222 g/mol. The van der Waals surface area contributed by atoms with Gasteiger partial charge in [0.15, 0.2) is 0 Å². The molecule has 0 spiro atoms. The van der Waals surface area contributed by atoms with E-state index in [2.05, 4.69) is 0 Å². The van der Waals surface area contributed by atoms with Crippen molar-refractivity contribution in [2.75, 3.05) is 0 Å². The van der Waals surface area contributed by atoms with Gasteiger partial charge in [-0.25, -0.2) is 12.1 Å². The number of rotatable bonds is 0. The van der Waals surface area contributed by atoms with Gasteiger partial charge in [0.2, 0.25) is 0 Å². The Labute approximate surface area is 84.8 Å². The molecule has 52 valence electrons. The first-order valence-corrected chi connectivity index (χ1v) is 1.67. The van der Waals surface area contributed by atoms with Crippen molar-refractivity contribution in [3.8, 4) is 0 Å². The van der Waals surface area contributed by atoms with Crippen LogP contribution in [0.15, 0.2) is 30.3 Å². The molecule has 0 aliphatic carbocycles. The Kier molecular flexibility index (Phi) is 39.9. The molecular formula is C5H5Cl3Cr. The molecule has 1 aromatic carbocycles. The zero-order valence-electron chi connectivity index (χ0n) is 4.43. The Hall–Kier alpha value is 0.752. The van der Waals surface area contributed by atoms with Crippen molar-refractivity contribution >= 4 is 0 Å². The molecule has 0 aliphatic heterocycles. The van der Waals surface area contributed by atoms with Crippen LogP contribution < -0.4 is 37.2 Å². The molecule has 0 amide bonds. The van der Waals surface area contributed by atoms with Gasteiger partial charge in [-0.1, -0.05) is 0 Å². The molecule has 9 heavy (non-hydrogen) atoms. The molecule has 1 aromatic rings. The van der Waals surface area contributed by atoms with Gasteiger partial charge in [0.1, 0.15) is 0 Å². The molecular weight excluding hydrogens is 218 g/mol. The van der Waals surface area contributed by atoms with E-state index in [1.54, 1.807) is 0 Å². The Morgan fingerprint density at radius 3 is 1.22 bits per heavy atom. The average molecular weight is 223 g/mol. The second kappa shape index (κ2) is 15.9. The van der Waals surface area contributed by atoms with Gasteiger partial charge in [0.25, 0.3) is 0 Å². The summed E-state index contributed by atoms with van der Waals surface area (Å²) in [5, 5.41) is 0. The second-order valence-electron chi connectivity index (χ2n) is 0.962. The predicted molar refractivity (Wildman–Crippen MR) is 22.0 cm³/mol. The molecule has 0 saturated carbocycles. The quantitative estimate of drug-likeness (QED) is 0.384. The van der Waals surface area contributed by atoms with Crippen LogP contribution in [-0.4, -0.2) is 0 Å². The molecule has 0 N–H and O–H groups in total. The van der Waals surface area contributed by atoms with Crippen molar-refractivity contribution < 1.29 is 54.6 Å². The summed E-state index contributed by atoms with van der Waals surface area (Å²) in [6.07, 6.45) is 0. The van der Waals surface area contributed by atoms with E-state index >= 15 is 0 Å². The van der Waals surface area contributed by atoms with Crippen LogP contribution in [0.2, 0.25) is 0 Å². The first-order chi connectivity index (χ1) is 2.50. The summed E-state index contributed by atoms with van der Waals surface area (Å²) in [7, 11) is 0. The smallest absolute Gasteiger partial charge is 1.00 e. The van der Waals surface area contributed by atoms with Gasteiger partial charge in [-0.2, -0.15) is 18.2 Å². The normalized spacial score (nSPS) is 4.44. The van der Waals surface area contributed by atoms with Crippen LogP contribution in [0.4, 0.5) is 0 Å². The van der Waals surface area contributed by atoms with E-state index in [1.807, 2.05) is 30.3 Å². The first-order valence-electron chi connectivity index (χ1n) is 1.67. The van der Waals surface area contributed by atoms with E-state index in [1.165, 1.54) is 0 Å². The van der Waals surface area contributed by atoms with Crippen LogP contribution in [0.5, 0.6) is 0 Å². The number of hydrogen-bond acceptors (Lipinski definition) is 0. The van der Waals surface area contributed by atoms with E-state index in [9.17, 15) is 0 Å². The van der Waals surface area contributed by atoms with Gasteiger partial charge in [0, 0.05) is 0 Å². The van der Waals surface area contributed by atoms with Crippen LogP contribution in [0, 0.1) is 0 Å². The van der Waals surface area contributed by atoms with Crippen LogP contribution in [0.25, 0.3) is 0 Å². The summed E-state index contributed by atoms with van der Waals surface area (Å²) in [5.41, 5.74) is 0. The van der Waals surface area contributed by atoms with Gasteiger partial charge in [-0.3, -0.25) is 0 Å². The number of halogens is 3. The molecule has 4 heteroatoms. The van der Waals surface area contributed by atoms with Crippen molar-refractivity contribution in [1.29, 1.82) is 0 Å². The predicted octanol–water partition coefficient (Wildman–Crippen LogP) is -7.59. The van der Waals surface area contributed by atoms with Gasteiger partial charge in [0.05, 0.1) is 0 Å². The SMILES string of the molecule is [Cl-].[Cl-].[Cl-].[Cr+4].c1cc[cH-]c1. The maximum absolute atomic E-state index is 2.00. The molecule has 0 saturated heterocycles. The molecule has 0 nitrogen and oxygen atoms in total. The molecule has 0 unspecified atom stereocenters. The standard InChI is InChI=1S/C5H5.3ClH.Cr/c1-2-4-5-3-1;;;;/h1-5H;3*1H;/q-1;;;;+4/p-3. The molecule has 0 bridgehead atoms. The van der Waals surface area contributed by atoms with E-state index in [4.69, 9.17) is 0 Å². The molecule has 1 rings (SSSR count). The van der Waals surface area contributed by atoms with Crippen molar-refractivity contribution in [3.05, 3.63) is 30.3 Å². The summed E-state index contributed by atoms with van der Waals surface area (Å²) in [5.74, 6) is 0. The average Bonchev–Trinajstić information content (AvgIpc) is 1.76. The van der Waals surface area contributed by atoms with Gasteiger partial charge < -0.3 is 37.2 Å². The third-order valence-corrected chi connectivity index (χ3v) is 0.556.